The Morgan fingerprint density at radius 3 is 2.29 bits per heavy atom. The van der Waals surface area contributed by atoms with Crippen molar-refractivity contribution in [3.8, 4) is 5.69 Å². The first-order valence-corrected chi connectivity index (χ1v) is 8.29. The summed E-state index contributed by atoms with van der Waals surface area (Å²) < 4.78 is 1.91. The number of nitrogens with zero attached hydrogens (tertiary/aromatic N) is 2. The molecule has 4 rings (SSSR count). The Labute approximate surface area is 142 Å². The number of aryl methyl sites for hydroxylation is 2. The van der Waals surface area contributed by atoms with Gasteiger partial charge in [-0.3, -0.25) is 0 Å². The van der Waals surface area contributed by atoms with Crippen molar-refractivity contribution < 1.29 is 0 Å². The molecule has 0 radical (unpaired) electrons. The molecule has 0 amide bonds. The molecule has 1 heterocycles. The molecule has 1 aliphatic carbocycles. The lowest BCUT2D eigenvalue weighted by atomic mass is 9.99. The maximum atomic E-state index is 4.45. The molecular weight excluding hydrogens is 292 g/mol. The summed E-state index contributed by atoms with van der Waals surface area (Å²) in [5.74, 6) is 0.369. The molecule has 3 aromatic rings. The summed E-state index contributed by atoms with van der Waals surface area (Å²) >= 11 is 0. The summed E-state index contributed by atoms with van der Waals surface area (Å²) in [7, 11) is 0. The Balaban J connectivity index is 1.57. The molecule has 0 saturated carbocycles. The normalized spacial score (nSPS) is 16.4. The van der Waals surface area contributed by atoms with Gasteiger partial charge < -0.3 is 0 Å². The van der Waals surface area contributed by atoms with Crippen LogP contribution in [0.2, 0.25) is 0 Å². The molecule has 1 aliphatic rings. The van der Waals surface area contributed by atoms with Crippen LogP contribution in [0.25, 0.3) is 11.3 Å². The molecule has 0 N–H and O–H groups in total. The van der Waals surface area contributed by atoms with Gasteiger partial charge in [0.2, 0.25) is 0 Å². The fourth-order valence-electron chi connectivity index (χ4n) is 3.07. The van der Waals surface area contributed by atoms with Crippen molar-refractivity contribution in [2.45, 2.75) is 19.8 Å². The van der Waals surface area contributed by atoms with Crippen LogP contribution in [0, 0.1) is 13.8 Å². The number of benzene rings is 2. The van der Waals surface area contributed by atoms with E-state index in [9.17, 15) is 0 Å². The predicted octanol–water partition coefficient (Wildman–Crippen LogP) is 5.23. The fourth-order valence-corrected chi connectivity index (χ4v) is 3.07. The Morgan fingerprint density at radius 1 is 0.875 bits per heavy atom. The highest BCUT2D eigenvalue weighted by Gasteiger charge is 2.13. The molecule has 0 bridgehead atoms. The summed E-state index contributed by atoms with van der Waals surface area (Å²) in [6.07, 6.45) is 8.81. The van der Waals surface area contributed by atoms with Crippen LogP contribution in [0.1, 0.15) is 28.3 Å². The minimum atomic E-state index is 0.369. The van der Waals surface area contributed by atoms with Crippen molar-refractivity contribution in [1.29, 1.82) is 0 Å². The van der Waals surface area contributed by atoms with Gasteiger partial charge in [-0.15, -0.1) is 0 Å². The minimum absolute atomic E-state index is 0.369. The van der Waals surface area contributed by atoms with Crippen molar-refractivity contribution in [3.63, 3.8) is 0 Å². The maximum Gasteiger partial charge on any atom is 0.0646 e. The molecule has 0 spiro atoms. The number of aromatic nitrogens is 2. The predicted molar refractivity (Wildman–Crippen MR) is 99.3 cm³/mol. The van der Waals surface area contributed by atoms with Crippen molar-refractivity contribution in [2.75, 3.05) is 0 Å². The lowest BCUT2D eigenvalue weighted by Gasteiger charge is -2.07. The summed E-state index contributed by atoms with van der Waals surface area (Å²) in [5.41, 5.74) is 7.29. The van der Waals surface area contributed by atoms with Crippen LogP contribution in [0.5, 0.6) is 0 Å². The zero-order valence-electron chi connectivity index (χ0n) is 14.0. The van der Waals surface area contributed by atoms with Crippen LogP contribution >= 0.6 is 0 Å². The quantitative estimate of drug-likeness (QED) is 0.648. The van der Waals surface area contributed by atoms with Crippen molar-refractivity contribution >= 4 is 5.57 Å². The average molecular weight is 312 g/mol. The Bertz CT molecular complexity index is 909. The van der Waals surface area contributed by atoms with Crippen LogP contribution in [-0.4, -0.2) is 9.78 Å². The van der Waals surface area contributed by atoms with Crippen molar-refractivity contribution in [2.24, 2.45) is 0 Å². The SMILES string of the molecule is Cc1ccc(C2C=CC(c3ccc(-n4ccc(C)n4)cc3)=C2)cc1. The smallest absolute Gasteiger partial charge is 0.0646 e. The van der Waals surface area contributed by atoms with Crippen LogP contribution in [0.4, 0.5) is 0 Å². The van der Waals surface area contributed by atoms with Gasteiger partial charge in [0.15, 0.2) is 0 Å². The minimum Gasteiger partial charge on any atom is -0.241 e. The second-order valence-electron chi connectivity index (χ2n) is 6.37. The molecule has 0 saturated heterocycles. The van der Waals surface area contributed by atoms with E-state index in [1.807, 2.05) is 23.9 Å². The second kappa shape index (κ2) is 5.97. The van der Waals surface area contributed by atoms with E-state index in [0.717, 1.165) is 11.4 Å². The number of rotatable bonds is 3. The third kappa shape index (κ3) is 2.83. The molecule has 1 unspecified atom stereocenters. The summed E-state index contributed by atoms with van der Waals surface area (Å²) in [4.78, 5) is 0. The first kappa shape index (κ1) is 14.7. The van der Waals surface area contributed by atoms with E-state index in [1.165, 1.54) is 22.3 Å². The highest BCUT2D eigenvalue weighted by Crippen LogP contribution is 2.32. The van der Waals surface area contributed by atoms with E-state index >= 15 is 0 Å². The van der Waals surface area contributed by atoms with E-state index in [4.69, 9.17) is 0 Å². The van der Waals surface area contributed by atoms with Crippen LogP contribution in [-0.2, 0) is 0 Å². The average Bonchev–Trinajstić information content (AvgIpc) is 3.25. The van der Waals surface area contributed by atoms with Gasteiger partial charge in [0, 0.05) is 12.1 Å². The van der Waals surface area contributed by atoms with Crippen LogP contribution in [0.15, 0.2) is 79.0 Å². The highest BCUT2D eigenvalue weighted by molar-refractivity contribution is 5.78. The van der Waals surface area contributed by atoms with E-state index in [-0.39, 0.29) is 0 Å². The molecular formula is C22H20N2. The third-order valence-electron chi connectivity index (χ3n) is 4.49. The van der Waals surface area contributed by atoms with Gasteiger partial charge >= 0.3 is 0 Å². The van der Waals surface area contributed by atoms with Crippen LogP contribution < -0.4 is 0 Å². The number of hydrogen-bond donors (Lipinski definition) is 0. The fraction of sp³-hybridized carbons (Fsp3) is 0.136. The Morgan fingerprint density at radius 2 is 1.62 bits per heavy atom. The van der Waals surface area contributed by atoms with Crippen molar-refractivity contribution in [1.82, 2.24) is 9.78 Å². The zero-order valence-corrected chi connectivity index (χ0v) is 14.0. The molecule has 1 aromatic heterocycles. The summed E-state index contributed by atoms with van der Waals surface area (Å²) in [5, 5.41) is 4.45. The Hall–Kier alpha value is -2.87. The zero-order chi connectivity index (χ0) is 16.5. The Kier molecular flexibility index (Phi) is 3.66. The van der Waals surface area contributed by atoms with Crippen molar-refractivity contribution in [3.05, 3.63) is 101 Å². The van der Waals surface area contributed by atoms with Gasteiger partial charge in [-0.25, -0.2) is 4.68 Å². The molecule has 0 aliphatic heterocycles. The molecule has 1 atom stereocenters. The van der Waals surface area contributed by atoms with Gasteiger partial charge in [-0.05, 0) is 48.7 Å². The molecule has 0 fully saturated rings. The third-order valence-corrected chi connectivity index (χ3v) is 4.49. The van der Waals surface area contributed by atoms with Gasteiger partial charge in [0.25, 0.3) is 0 Å². The summed E-state index contributed by atoms with van der Waals surface area (Å²) in [6, 6.07) is 19.4. The number of allylic oxidation sites excluding steroid dienone is 4. The molecule has 118 valence electrons. The van der Waals surface area contributed by atoms with E-state index in [0.29, 0.717) is 5.92 Å². The van der Waals surface area contributed by atoms with Gasteiger partial charge in [0.1, 0.15) is 0 Å². The van der Waals surface area contributed by atoms with E-state index in [2.05, 4.69) is 78.8 Å². The second-order valence-corrected chi connectivity index (χ2v) is 6.37. The van der Waals surface area contributed by atoms with Gasteiger partial charge in [-0.2, -0.15) is 5.10 Å². The molecule has 2 heteroatoms. The largest absolute Gasteiger partial charge is 0.241 e. The molecule has 2 nitrogen and oxygen atoms in total. The molecule has 2 aromatic carbocycles. The van der Waals surface area contributed by atoms with Gasteiger partial charge in [0.05, 0.1) is 11.4 Å². The first-order valence-electron chi connectivity index (χ1n) is 8.29. The molecule has 24 heavy (non-hydrogen) atoms. The van der Waals surface area contributed by atoms with Gasteiger partial charge in [-0.1, -0.05) is 60.2 Å². The highest BCUT2D eigenvalue weighted by atomic mass is 15.3. The lowest BCUT2D eigenvalue weighted by molar-refractivity contribution is 0.862. The number of hydrogen-bond acceptors (Lipinski definition) is 1. The standard InChI is InChI=1S/C22H20N2/c1-16-3-5-18(6-4-16)20-7-8-21(15-20)19-9-11-22(12-10-19)24-14-13-17(2)23-24/h3-15,20H,1-2H3. The lowest BCUT2D eigenvalue weighted by Crippen LogP contribution is -1.95. The topological polar surface area (TPSA) is 17.8 Å². The maximum absolute atomic E-state index is 4.45. The van der Waals surface area contributed by atoms with E-state index in [1.54, 1.807) is 0 Å². The first-order chi connectivity index (χ1) is 11.7. The summed E-state index contributed by atoms with van der Waals surface area (Å²) in [6.45, 7) is 4.13. The van der Waals surface area contributed by atoms with E-state index < -0.39 is 0 Å². The monoisotopic (exact) mass is 312 g/mol. The van der Waals surface area contributed by atoms with Crippen LogP contribution in [0.3, 0.4) is 0 Å².